The summed E-state index contributed by atoms with van der Waals surface area (Å²) < 4.78 is 37.0. The summed E-state index contributed by atoms with van der Waals surface area (Å²) in [6.45, 7) is -0.433. The number of alkyl halides is 3. The molecule has 3 rings (SSSR count). The Kier molecular flexibility index (Phi) is 6.17. The van der Waals surface area contributed by atoms with E-state index in [0.717, 1.165) is 12.0 Å². The standard InChI is InChI=1S/C21H20ClF3N2O2/c22-16-4-1-3-14(13-16)18(28)27-17-7-5-15(6-8-17)20(9-2-10-20)19(29)26-12-11-21(23,24)25/h1,3-8,13H,2,9-12H2,(H,26,29)(H,27,28). The van der Waals surface area contributed by atoms with E-state index in [1.807, 2.05) is 0 Å². The van der Waals surface area contributed by atoms with Crippen LogP contribution in [0, 0.1) is 0 Å². The normalized spacial score (nSPS) is 15.3. The van der Waals surface area contributed by atoms with Crippen molar-refractivity contribution in [1.29, 1.82) is 0 Å². The monoisotopic (exact) mass is 424 g/mol. The molecule has 2 N–H and O–H groups in total. The molecule has 0 unspecified atom stereocenters. The average Bonchev–Trinajstić information content (AvgIpc) is 2.61. The Morgan fingerprint density at radius 3 is 2.31 bits per heavy atom. The predicted molar refractivity (Wildman–Crippen MR) is 105 cm³/mol. The molecular formula is C21H20ClF3N2O2. The lowest BCUT2D eigenvalue weighted by molar-refractivity contribution is -0.138. The zero-order valence-electron chi connectivity index (χ0n) is 15.5. The van der Waals surface area contributed by atoms with E-state index in [4.69, 9.17) is 11.6 Å². The van der Waals surface area contributed by atoms with Crippen molar-refractivity contribution in [2.75, 3.05) is 11.9 Å². The van der Waals surface area contributed by atoms with E-state index in [1.54, 1.807) is 48.5 Å². The Hall–Kier alpha value is -2.54. The van der Waals surface area contributed by atoms with Crippen molar-refractivity contribution in [3.05, 3.63) is 64.7 Å². The molecule has 0 aliphatic heterocycles. The second-order valence-electron chi connectivity index (χ2n) is 7.10. The third-order valence-electron chi connectivity index (χ3n) is 5.12. The fourth-order valence-corrected chi connectivity index (χ4v) is 3.56. The predicted octanol–water partition coefficient (Wildman–Crippen LogP) is 5.08. The molecule has 8 heteroatoms. The minimum atomic E-state index is -4.30. The van der Waals surface area contributed by atoms with Gasteiger partial charge in [0.2, 0.25) is 5.91 Å². The van der Waals surface area contributed by atoms with Gasteiger partial charge >= 0.3 is 6.18 Å². The number of hydrogen-bond donors (Lipinski definition) is 2. The first-order chi connectivity index (χ1) is 13.7. The minimum Gasteiger partial charge on any atom is -0.355 e. The van der Waals surface area contributed by atoms with Crippen LogP contribution in [0.15, 0.2) is 48.5 Å². The van der Waals surface area contributed by atoms with Crippen molar-refractivity contribution in [1.82, 2.24) is 5.32 Å². The van der Waals surface area contributed by atoms with Gasteiger partial charge in [0.25, 0.3) is 5.91 Å². The Morgan fingerprint density at radius 2 is 1.76 bits per heavy atom. The van der Waals surface area contributed by atoms with Crippen LogP contribution in [0.4, 0.5) is 18.9 Å². The third kappa shape index (κ3) is 5.09. The molecule has 1 saturated carbocycles. The minimum absolute atomic E-state index is 0.316. The van der Waals surface area contributed by atoms with Crippen LogP contribution >= 0.6 is 11.6 Å². The van der Waals surface area contributed by atoms with Gasteiger partial charge in [-0.1, -0.05) is 36.2 Å². The molecule has 0 aromatic heterocycles. The first-order valence-corrected chi connectivity index (χ1v) is 9.60. The van der Waals surface area contributed by atoms with Crippen LogP contribution in [-0.4, -0.2) is 24.5 Å². The Labute approximate surface area is 171 Å². The van der Waals surface area contributed by atoms with E-state index in [0.29, 0.717) is 29.1 Å². The van der Waals surface area contributed by atoms with E-state index >= 15 is 0 Å². The van der Waals surface area contributed by atoms with Gasteiger partial charge in [-0.15, -0.1) is 0 Å². The van der Waals surface area contributed by atoms with Gasteiger partial charge in [-0.05, 0) is 48.7 Å². The molecule has 1 aliphatic carbocycles. The zero-order valence-corrected chi connectivity index (χ0v) is 16.2. The fraction of sp³-hybridized carbons (Fsp3) is 0.333. The van der Waals surface area contributed by atoms with Gasteiger partial charge in [-0.3, -0.25) is 9.59 Å². The Balaban J connectivity index is 1.66. The van der Waals surface area contributed by atoms with Gasteiger partial charge in [0, 0.05) is 22.8 Å². The molecule has 0 saturated heterocycles. The lowest BCUT2D eigenvalue weighted by atomic mass is 9.63. The topological polar surface area (TPSA) is 58.2 Å². The van der Waals surface area contributed by atoms with Crippen LogP contribution < -0.4 is 10.6 Å². The van der Waals surface area contributed by atoms with Crippen LogP contribution in [0.2, 0.25) is 5.02 Å². The molecule has 0 atom stereocenters. The second kappa shape index (κ2) is 8.45. The van der Waals surface area contributed by atoms with Crippen molar-refractivity contribution in [3.8, 4) is 0 Å². The zero-order chi connectivity index (χ0) is 21.1. The quantitative estimate of drug-likeness (QED) is 0.679. The van der Waals surface area contributed by atoms with Crippen molar-refractivity contribution in [2.24, 2.45) is 0 Å². The summed E-state index contributed by atoms with van der Waals surface area (Å²) in [7, 11) is 0. The number of amides is 2. The number of hydrogen-bond acceptors (Lipinski definition) is 2. The fourth-order valence-electron chi connectivity index (χ4n) is 3.37. The molecule has 0 spiro atoms. The maximum absolute atomic E-state index is 12.6. The molecular weight excluding hydrogens is 405 g/mol. The molecule has 2 aromatic rings. The number of benzene rings is 2. The summed E-state index contributed by atoms with van der Waals surface area (Å²) >= 11 is 5.90. The molecule has 4 nitrogen and oxygen atoms in total. The van der Waals surface area contributed by atoms with Crippen molar-refractivity contribution < 1.29 is 22.8 Å². The molecule has 0 radical (unpaired) electrons. The van der Waals surface area contributed by atoms with Crippen molar-refractivity contribution in [2.45, 2.75) is 37.3 Å². The molecule has 1 fully saturated rings. The number of carbonyl (C=O) groups is 2. The molecule has 2 aromatic carbocycles. The summed E-state index contributed by atoms with van der Waals surface area (Å²) in [5.74, 6) is -0.702. The van der Waals surface area contributed by atoms with Crippen LogP contribution in [0.5, 0.6) is 0 Å². The van der Waals surface area contributed by atoms with Gasteiger partial charge < -0.3 is 10.6 Å². The van der Waals surface area contributed by atoms with Crippen molar-refractivity contribution >= 4 is 29.1 Å². The summed E-state index contributed by atoms with van der Waals surface area (Å²) in [6, 6.07) is 13.4. The van der Waals surface area contributed by atoms with Crippen LogP contribution in [0.25, 0.3) is 0 Å². The van der Waals surface area contributed by atoms with E-state index in [9.17, 15) is 22.8 Å². The highest BCUT2D eigenvalue weighted by atomic mass is 35.5. The third-order valence-corrected chi connectivity index (χ3v) is 5.35. The summed E-state index contributed by atoms with van der Waals surface area (Å²) in [4.78, 5) is 24.8. The molecule has 2 amide bonds. The molecule has 29 heavy (non-hydrogen) atoms. The van der Waals surface area contributed by atoms with E-state index in [1.165, 1.54) is 0 Å². The highest BCUT2D eigenvalue weighted by Crippen LogP contribution is 2.44. The molecule has 0 heterocycles. The van der Waals surface area contributed by atoms with Crippen LogP contribution in [0.1, 0.15) is 41.6 Å². The van der Waals surface area contributed by atoms with Crippen molar-refractivity contribution in [3.63, 3.8) is 0 Å². The lowest BCUT2D eigenvalue weighted by Crippen LogP contribution is -2.49. The highest BCUT2D eigenvalue weighted by molar-refractivity contribution is 6.31. The largest absolute Gasteiger partial charge is 0.390 e. The summed E-state index contributed by atoms with van der Waals surface area (Å²) in [5.41, 5.74) is 0.891. The van der Waals surface area contributed by atoms with E-state index in [-0.39, 0.29) is 11.8 Å². The van der Waals surface area contributed by atoms with E-state index in [2.05, 4.69) is 10.6 Å². The molecule has 1 aliphatic rings. The maximum Gasteiger partial charge on any atom is 0.390 e. The summed E-state index contributed by atoms with van der Waals surface area (Å²) in [6.07, 6.45) is -3.36. The number of anilines is 1. The first kappa shape index (κ1) is 21.2. The first-order valence-electron chi connectivity index (χ1n) is 9.22. The molecule has 154 valence electrons. The van der Waals surface area contributed by atoms with Gasteiger partial charge in [0.05, 0.1) is 11.8 Å². The Bertz CT molecular complexity index is 894. The smallest absolute Gasteiger partial charge is 0.355 e. The maximum atomic E-state index is 12.6. The average molecular weight is 425 g/mol. The SMILES string of the molecule is O=C(Nc1ccc(C2(C(=O)NCCC(F)(F)F)CCC2)cc1)c1cccc(Cl)c1. The van der Waals surface area contributed by atoms with Gasteiger partial charge in [-0.2, -0.15) is 13.2 Å². The number of carbonyl (C=O) groups excluding carboxylic acids is 2. The number of nitrogens with one attached hydrogen (secondary N) is 2. The van der Waals surface area contributed by atoms with Gasteiger partial charge in [0.1, 0.15) is 0 Å². The van der Waals surface area contributed by atoms with Crippen LogP contribution in [0.3, 0.4) is 0 Å². The number of halogens is 4. The lowest BCUT2D eigenvalue weighted by Gasteiger charge is -2.40. The second-order valence-corrected chi connectivity index (χ2v) is 7.53. The highest BCUT2D eigenvalue weighted by Gasteiger charge is 2.45. The Morgan fingerprint density at radius 1 is 1.07 bits per heavy atom. The van der Waals surface area contributed by atoms with Crippen LogP contribution in [-0.2, 0) is 10.2 Å². The number of rotatable bonds is 6. The van der Waals surface area contributed by atoms with E-state index < -0.39 is 24.6 Å². The molecule has 0 bridgehead atoms. The van der Waals surface area contributed by atoms with Gasteiger partial charge in [-0.25, -0.2) is 0 Å². The summed E-state index contributed by atoms with van der Waals surface area (Å²) in [5, 5.41) is 5.63. The van der Waals surface area contributed by atoms with Gasteiger partial charge in [0.15, 0.2) is 0 Å².